The van der Waals surface area contributed by atoms with E-state index >= 15 is 0 Å². The number of urea groups is 1. The van der Waals surface area contributed by atoms with Gasteiger partial charge in [0.25, 0.3) is 0 Å². The summed E-state index contributed by atoms with van der Waals surface area (Å²) >= 11 is 1.43. The van der Waals surface area contributed by atoms with Gasteiger partial charge in [-0.2, -0.15) is 0 Å². The van der Waals surface area contributed by atoms with E-state index < -0.39 is 18.1 Å². The summed E-state index contributed by atoms with van der Waals surface area (Å²) < 4.78 is 4.51. The first-order valence-corrected chi connectivity index (χ1v) is 7.39. The maximum absolute atomic E-state index is 12.3. The molecule has 2 fully saturated rings. The van der Waals surface area contributed by atoms with Crippen LogP contribution in [0.15, 0.2) is 0 Å². The molecule has 2 atom stereocenters. The zero-order chi connectivity index (χ0) is 14.7. The van der Waals surface area contributed by atoms with Crippen LogP contribution in [0.3, 0.4) is 0 Å². The Kier molecular flexibility index (Phi) is 4.58. The number of hydrogen-bond acceptors (Lipinski definition) is 5. The minimum absolute atomic E-state index is 0.148. The lowest BCUT2D eigenvalue weighted by molar-refractivity contribution is -0.140. The summed E-state index contributed by atoms with van der Waals surface area (Å²) in [4.78, 5) is 37.4. The molecule has 2 heterocycles. The molecule has 1 unspecified atom stereocenters. The van der Waals surface area contributed by atoms with Gasteiger partial charge in [-0.05, 0) is 6.42 Å². The first-order valence-electron chi connectivity index (χ1n) is 6.23. The average Bonchev–Trinajstić information content (AvgIpc) is 3.06. The van der Waals surface area contributed by atoms with E-state index in [0.717, 1.165) is 0 Å². The number of nitrogens with one attached hydrogen (secondary N) is 1. The Hall–Kier alpha value is -1.64. The lowest BCUT2D eigenvalue weighted by Gasteiger charge is -2.26. The standard InChI is InChI=1S/C11H17N3O5S/c1-19-10(17)12-7-2-3-13(4-7)11(18)14-6-20-5-8(14)9(15)16/h7-8H,2-6H2,1H3,(H,12,17)(H,15,16)/t7?,8-/m0/s1. The molecule has 0 aromatic carbocycles. The van der Waals surface area contributed by atoms with Gasteiger partial charge in [0.1, 0.15) is 6.04 Å². The molecule has 20 heavy (non-hydrogen) atoms. The molecule has 0 radical (unpaired) electrons. The van der Waals surface area contributed by atoms with Crippen molar-refractivity contribution in [2.45, 2.75) is 18.5 Å². The fourth-order valence-electron chi connectivity index (χ4n) is 2.29. The molecular formula is C11H17N3O5S. The molecule has 2 rings (SSSR count). The number of ether oxygens (including phenoxy) is 1. The SMILES string of the molecule is COC(=O)NC1CCN(C(=O)N2CSC[C@H]2C(=O)O)C1. The van der Waals surface area contributed by atoms with Crippen molar-refractivity contribution in [1.82, 2.24) is 15.1 Å². The summed E-state index contributed by atoms with van der Waals surface area (Å²) in [6, 6.07) is -1.19. The smallest absolute Gasteiger partial charge is 0.407 e. The molecule has 2 aliphatic rings. The first-order chi connectivity index (χ1) is 9.52. The lowest BCUT2D eigenvalue weighted by Crippen LogP contribution is -2.49. The Morgan fingerprint density at radius 1 is 1.40 bits per heavy atom. The molecule has 0 aliphatic carbocycles. The number of hydrogen-bond donors (Lipinski definition) is 2. The van der Waals surface area contributed by atoms with Crippen LogP contribution in [0.4, 0.5) is 9.59 Å². The molecule has 9 heteroatoms. The average molecular weight is 303 g/mol. The Morgan fingerprint density at radius 3 is 2.80 bits per heavy atom. The fraction of sp³-hybridized carbons (Fsp3) is 0.727. The van der Waals surface area contributed by atoms with Crippen LogP contribution in [0.1, 0.15) is 6.42 Å². The van der Waals surface area contributed by atoms with Crippen LogP contribution in [0.5, 0.6) is 0 Å². The van der Waals surface area contributed by atoms with Gasteiger partial charge in [-0.1, -0.05) is 0 Å². The van der Waals surface area contributed by atoms with Gasteiger partial charge in [0, 0.05) is 18.8 Å². The fourth-order valence-corrected chi connectivity index (χ4v) is 3.43. The Bertz CT molecular complexity index is 419. The van der Waals surface area contributed by atoms with Gasteiger partial charge < -0.3 is 25.0 Å². The molecule has 8 nitrogen and oxygen atoms in total. The van der Waals surface area contributed by atoms with Crippen molar-refractivity contribution in [3.63, 3.8) is 0 Å². The van der Waals surface area contributed by atoms with Crippen molar-refractivity contribution >= 4 is 29.9 Å². The molecular weight excluding hydrogens is 286 g/mol. The summed E-state index contributed by atoms with van der Waals surface area (Å²) in [5.41, 5.74) is 0. The van der Waals surface area contributed by atoms with E-state index in [0.29, 0.717) is 31.1 Å². The van der Waals surface area contributed by atoms with Gasteiger partial charge in [-0.3, -0.25) is 0 Å². The first kappa shape index (κ1) is 14.8. The largest absolute Gasteiger partial charge is 0.480 e. The normalized spacial score (nSPS) is 25.6. The van der Waals surface area contributed by atoms with E-state index in [1.54, 1.807) is 4.90 Å². The van der Waals surface area contributed by atoms with Crippen LogP contribution in [0.25, 0.3) is 0 Å². The summed E-state index contributed by atoms with van der Waals surface area (Å²) in [6.07, 6.45) is 0.115. The van der Waals surface area contributed by atoms with Crippen LogP contribution in [-0.2, 0) is 9.53 Å². The number of aliphatic carboxylic acids is 1. The molecule has 112 valence electrons. The maximum atomic E-state index is 12.3. The molecule has 3 amide bonds. The third-order valence-electron chi connectivity index (χ3n) is 3.38. The van der Waals surface area contributed by atoms with Crippen LogP contribution in [0.2, 0.25) is 0 Å². The number of carboxylic acids is 1. The number of nitrogens with zero attached hydrogens (tertiary/aromatic N) is 2. The second kappa shape index (κ2) is 6.21. The number of thioether (sulfide) groups is 1. The second-order valence-electron chi connectivity index (χ2n) is 4.67. The third-order valence-corrected chi connectivity index (χ3v) is 4.39. The van der Waals surface area contributed by atoms with Crippen molar-refractivity contribution in [3.05, 3.63) is 0 Å². The molecule has 0 aromatic heterocycles. The molecule has 0 saturated carbocycles. The molecule has 0 aromatic rings. The van der Waals surface area contributed by atoms with Crippen LogP contribution in [0, 0.1) is 0 Å². The van der Waals surface area contributed by atoms with Crippen molar-refractivity contribution in [2.24, 2.45) is 0 Å². The van der Waals surface area contributed by atoms with Crippen molar-refractivity contribution < 1.29 is 24.2 Å². The van der Waals surface area contributed by atoms with E-state index in [9.17, 15) is 14.4 Å². The number of amides is 3. The van der Waals surface area contributed by atoms with Gasteiger partial charge in [0.15, 0.2) is 0 Å². The number of alkyl carbamates (subject to hydrolysis) is 1. The van der Waals surface area contributed by atoms with E-state index in [1.807, 2.05) is 0 Å². The lowest BCUT2D eigenvalue weighted by atomic mass is 10.3. The zero-order valence-corrected chi connectivity index (χ0v) is 11.9. The monoisotopic (exact) mass is 303 g/mol. The maximum Gasteiger partial charge on any atom is 0.407 e. The molecule has 2 saturated heterocycles. The minimum atomic E-state index is -0.980. The number of methoxy groups -OCH3 is 1. The molecule has 2 N–H and O–H groups in total. The van der Waals surface area contributed by atoms with Crippen molar-refractivity contribution in [2.75, 3.05) is 31.8 Å². The summed E-state index contributed by atoms with van der Waals surface area (Å²) in [6.45, 7) is 0.877. The Balaban J connectivity index is 1.91. The van der Waals surface area contributed by atoms with E-state index in [-0.39, 0.29) is 12.1 Å². The minimum Gasteiger partial charge on any atom is -0.480 e. The second-order valence-corrected chi connectivity index (χ2v) is 5.67. The predicted octanol–water partition coefficient (Wildman–Crippen LogP) is -0.00380. The number of likely N-dealkylation sites (tertiary alicyclic amines) is 1. The highest BCUT2D eigenvalue weighted by atomic mass is 32.2. The molecule has 0 bridgehead atoms. The summed E-state index contributed by atoms with van der Waals surface area (Å²) in [7, 11) is 1.28. The van der Waals surface area contributed by atoms with Crippen molar-refractivity contribution in [3.8, 4) is 0 Å². The zero-order valence-electron chi connectivity index (χ0n) is 11.1. The van der Waals surface area contributed by atoms with Crippen LogP contribution >= 0.6 is 11.8 Å². The molecule has 0 spiro atoms. The van der Waals surface area contributed by atoms with Gasteiger partial charge in [0.05, 0.1) is 19.0 Å². The van der Waals surface area contributed by atoms with E-state index in [4.69, 9.17) is 5.11 Å². The van der Waals surface area contributed by atoms with Crippen LogP contribution in [-0.4, -0.2) is 76.9 Å². The van der Waals surface area contributed by atoms with Gasteiger partial charge in [-0.15, -0.1) is 11.8 Å². The topological polar surface area (TPSA) is 99.2 Å². The van der Waals surface area contributed by atoms with Crippen LogP contribution < -0.4 is 5.32 Å². The molecule has 2 aliphatic heterocycles. The van der Waals surface area contributed by atoms with Crippen molar-refractivity contribution in [1.29, 1.82) is 0 Å². The van der Waals surface area contributed by atoms with Gasteiger partial charge in [0.2, 0.25) is 0 Å². The summed E-state index contributed by atoms with van der Waals surface area (Å²) in [5.74, 6) is -0.174. The Morgan fingerprint density at radius 2 is 2.15 bits per heavy atom. The van der Waals surface area contributed by atoms with E-state index in [2.05, 4.69) is 10.1 Å². The van der Waals surface area contributed by atoms with E-state index in [1.165, 1.54) is 23.8 Å². The number of carboxylic acid groups (broad SMARTS) is 1. The predicted molar refractivity (Wildman–Crippen MR) is 71.5 cm³/mol. The third kappa shape index (κ3) is 3.09. The highest BCUT2D eigenvalue weighted by molar-refractivity contribution is 7.99. The highest BCUT2D eigenvalue weighted by Gasteiger charge is 2.38. The van der Waals surface area contributed by atoms with Gasteiger partial charge >= 0.3 is 18.1 Å². The Labute approximate surface area is 120 Å². The number of carbonyl (C=O) groups excluding carboxylic acids is 2. The number of carbonyl (C=O) groups is 3. The van der Waals surface area contributed by atoms with Gasteiger partial charge in [-0.25, -0.2) is 14.4 Å². The summed E-state index contributed by atoms with van der Waals surface area (Å²) in [5, 5.41) is 11.7. The quantitative estimate of drug-likeness (QED) is 0.745. The highest BCUT2D eigenvalue weighted by Crippen LogP contribution is 2.24. The number of rotatable bonds is 2.